The van der Waals surface area contributed by atoms with Crippen molar-refractivity contribution in [3.63, 3.8) is 0 Å². The summed E-state index contributed by atoms with van der Waals surface area (Å²) in [5.41, 5.74) is 4.05. The molecule has 3 heterocycles. The van der Waals surface area contributed by atoms with Gasteiger partial charge in [-0.15, -0.1) is 0 Å². The Hall–Kier alpha value is -2.50. The van der Waals surface area contributed by atoms with Gasteiger partial charge in [0, 0.05) is 23.7 Å². The average molecular weight is 432 g/mol. The quantitative estimate of drug-likeness (QED) is 0.249. The van der Waals surface area contributed by atoms with E-state index < -0.39 is 0 Å². The molecule has 4 nitrogen and oxygen atoms in total. The van der Waals surface area contributed by atoms with E-state index >= 15 is 0 Å². The molecule has 0 saturated carbocycles. The minimum Gasteiger partial charge on any atom is -0.303 e. The molecule has 5 heteroatoms. The number of carbonyl (C=O) groups excluding carboxylic acids is 1. The van der Waals surface area contributed by atoms with E-state index in [1.165, 1.54) is 38.8 Å². The van der Waals surface area contributed by atoms with E-state index in [9.17, 15) is 4.79 Å². The largest absolute Gasteiger partial charge is 0.303 e. The van der Waals surface area contributed by atoms with Gasteiger partial charge in [-0.3, -0.25) is 9.20 Å². The van der Waals surface area contributed by atoms with Gasteiger partial charge in [0.15, 0.2) is 10.7 Å². The van der Waals surface area contributed by atoms with E-state index in [1.807, 2.05) is 30.3 Å². The number of unbranched alkanes of at least 4 members (excludes halogenated alkanes) is 1. The Morgan fingerprint density at radius 1 is 0.968 bits per heavy atom. The van der Waals surface area contributed by atoms with Crippen molar-refractivity contribution in [3.8, 4) is 11.3 Å². The Labute approximate surface area is 187 Å². The molecule has 1 saturated heterocycles. The van der Waals surface area contributed by atoms with Crippen LogP contribution in [0.3, 0.4) is 0 Å². The fourth-order valence-electron chi connectivity index (χ4n) is 4.55. The zero-order valence-corrected chi connectivity index (χ0v) is 18.7. The number of hydrogen-bond acceptors (Lipinski definition) is 4. The molecule has 160 valence electrons. The van der Waals surface area contributed by atoms with Gasteiger partial charge in [0.2, 0.25) is 0 Å². The zero-order valence-electron chi connectivity index (χ0n) is 17.9. The van der Waals surface area contributed by atoms with Gasteiger partial charge in [0.1, 0.15) is 0 Å². The van der Waals surface area contributed by atoms with Crippen LogP contribution in [0.2, 0.25) is 0 Å². The van der Waals surface area contributed by atoms with Gasteiger partial charge >= 0.3 is 0 Å². The summed E-state index contributed by atoms with van der Waals surface area (Å²) in [6.45, 7) is 3.60. The molecule has 1 aliphatic rings. The van der Waals surface area contributed by atoms with Gasteiger partial charge in [0.25, 0.3) is 0 Å². The maximum Gasteiger partial charge on any atom is 0.195 e. The molecular formula is C26H29N3OS. The van der Waals surface area contributed by atoms with Gasteiger partial charge in [-0.2, -0.15) is 0 Å². The fraction of sp³-hybridized carbons (Fsp3) is 0.385. The van der Waals surface area contributed by atoms with Gasteiger partial charge in [-0.1, -0.05) is 54.5 Å². The molecule has 0 amide bonds. The van der Waals surface area contributed by atoms with E-state index in [-0.39, 0.29) is 5.78 Å². The molecule has 0 unspecified atom stereocenters. The molecule has 0 radical (unpaired) electrons. The summed E-state index contributed by atoms with van der Waals surface area (Å²) in [6, 6.07) is 16.3. The number of nitrogens with zero attached hydrogens (tertiary/aromatic N) is 3. The number of rotatable bonds is 7. The van der Waals surface area contributed by atoms with Crippen molar-refractivity contribution in [1.82, 2.24) is 14.3 Å². The van der Waals surface area contributed by atoms with Crippen molar-refractivity contribution in [3.05, 3.63) is 60.3 Å². The van der Waals surface area contributed by atoms with Crippen LogP contribution in [-0.2, 0) is 0 Å². The summed E-state index contributed by atoms with van der Waals surface area (Å²) in [4.78, 5) is 21.1. The van der Waals surface area contributed by atoms with Crippen molar-refractivity contribution in [2.75, 3.05) is 19.6 Å². The summed E-state index contributed by atoms with van der Waals surface area (Å²) in [5.74, 6) is 0.258. The molecule has 31 heavy (non-hydrogen) atoms. The second-order valence-corrected chi connectivity index (χ2v) is 9.57. The number of imidazole rings is 1. The molecule has 2 aromatic carbocycles. The van der Waals surface area contributed by atoms with Crippen LogP contribution in [0.1, 0.15) is 55.3 Å². The number of ketones is 1. The first-order chi connectivity index (χ1) is 15.3. The molecule has 0 aliphatic carbocycles. The summed E-state index contributed by atoms with van der Waals surface area (Å²) < 4.78 is 3.26. The highest BCUT2D eigenvalue weighted by Crippen LogP contribution is 2.30. The van der Waals surface area contributed by atoms with Crippen LogP contribution in [0.15, 0.2) is 54.7 Å². The van der Waals surface area contributed by atoms with Crippen LogP contribution in [0, 0.1) is 0 Å². The monoisotopic (exact) mass is 431 g/mol. The Morgan fingerprint density at radius 2 is 1.77 bits per heavy atom. The maximum absolute atomic E-state index is 12.8. The summed E-state index contributed by atoms with van der Waals surface area (Å²) in [7, 11) is 0. The number of hydrogen-bond donors (Lipinski definition) is 0. The second-order valence-electron chi connectivity index (χ2n) is 8.57. The zero-order chi connectivity index (χ0) is 21.0. The fourth-order valence-corrected chi connectivity index (χ4v) is 5.59. The van der Waals surface area contributed by atoms with E-state index in [0.29, 0.717) is 6.42 Å². The molecule has 0 atom stereocenters. The number of Topliss-reactive ketones (excluding diaryl/α,β-unsaturated/α-hetero) is 1. The van der Waals surface area contributed by atoms with Crippen molar-refractivity contribution in [1.29, 1.82) is 0 Å². The molecule has 1 aliphatic heterocycles. The smallest absolute Gasteiger partial charge is 0.195 e. The maximum atomic E-state index is 12.8. The third-order valence-corrected chi connectivity index (χ3v) is 7.33. The molecule has 1 fully saturated rings. The molecule has 0 spiro atoms. The van der Waals surface area contributed by atoms with Crippen molar-refractivity contribution in [2.45, 2.75) is 44.9 Å². The van der Waals surface area contributed by atoms with Crippen molar-refractivity contribution >= 4 is 32.3 Å². The lowest BCUT2D eigenvalue weighted by Crippen LogP contribution is -2.25. The van der Waals surface area contributed by atoms with E-state index in [0.717, 1.165) is 51.4 Å². The number of likely N-dealkylation sites (tertiary alicyclic amines) is 1. The minimum atomic E-state index is 0.258. The van der Waals surface area contributed by atoms with E-state index in [1.54, 1.807) is 11.3 Å². The summed E-state index contributed by atoms with van der Waals surface area (Å²) in [5, 5.41) is 0. The number of fused-ring (bicyclic) bond motifs is 3. The Bertz CT molecular complexity index is 1170. The lowest BCUT2D eigenvalue weighted by atomic mass is 10.1. The average Bonchev–Trinajstić information content (AvgIpc) is 3.24. The van der Waals surface area contributed by atoms with Gasteiger partial charge < -0.3 is 4.90 Å². The van der Waals surface area contributed by atoms with Crippen LogP contribution in [-0.4, -0.2) is 39.7 Å². The number of benzene rings is 2. The van der Waals surface area contributed by atoms with Crippen LogP contribution in [0.5, 0.6) is 0 Å². The summed E-state index contributed by atoms with van der Waals surface area (Å²) in [6.07, 6.45) is 10.2. The lowest BCUT2D eigenvalue weighted by Gasteiger charge is -2.19. The molecule has 0 bridgehead atoms. The van der Waals surface area contributed by atoms with Gasteiger partial charge in [0.05, 0.1) is 15.9 Å². The molecular weight excluding hydrogens is 402 g/mol. The Morgan fingerprint density at radius 3 is 2.58 bits per heavy atom. The Balaban J connectivity index is 1.23. The number of carbonyl (C=O) groups is 1. The molecule has 5 rings (SSSR count). The molecule has 2 aromatic heterocycles. The highest BCUT2D eigenvalue weighted by molar-refractivity contribution is 7.23. The third kappa shape index (κ3) is 4.58. The standard InChI is InChI=1S/C26H29N3OS/c30-24(12-6-9-17-28-15-7-1-2-8-16-28)21-13-14-23-25(18-21)31-26-27-22(19-29(23)26)20-10-4-3-5-11-20/h3-5,10-11,13-14,18-19H,1-2,6-9,12,15-17H2. The normalized spacial score (nSPS) is 15.5. The third-order valence-electron chi connectivity index (χ3n) is 6.31. The minimum absolute atomic E-state index is 0.258. The molecule has 4 aromatic rings. The predicted molar refractivity (Wildman–Crippen MR) is 129 cm³/mol. The highest BCUT2D eigenvalue weighted by atomic mass is 32.1. The second kappa shape index (κ2) is 9.33. The SMILES string of the molecule is O=C(CCCCN1CCCCCC1)c1ccc2c(c1)sc1nc(-c3ccccc3)cn12. The van der Waals surface area contributed by atoms with Crippen LogP contribution >= 0.6 is 11.3 Å². The van der Waals surface area contributed by atoms with E-state index in [4.69, 9.17) is 4.98 Å². The summed E-state index contributed by atoms with van der Waals surface area (Å²) >= 11 is 1.65. The number of aromatic nitrogens is 2. The lowest BCUT2D eigenvalue weighted by molar-refractivity contribution is 0.0978. The van der Waals surface area contributed by atoms with Gasteiger partial charge in [-0.05, 0) is 63.5 Å². The topological polar surface area (TPSA) is 37.6 Å². The first-order valence-electron chi connectivity index (χ1n) is 11.5. The molecule has 0 N–H and O–H groups in total. The van der Waals surface area contributed by atoms with Crippen LogP contribution in [0.4, 0.5) is 0 Å². The van der Waals surface area contributed by atoms with Crippen molar-refractivity contribution in [2.24, 2.45) is 0 Å². The first-order valence-corrected chi connectivity index (χ1v) is 12.3. The van der Waals surface area contributed by atoms with E-state index in [2.05, 4.69) is 33.7 Å². The first kappa shape index (κ1) is 20.4. The predicted octanol–water partition coefficient (Wildman–Crippen LogP) is 6.45. The Kier molecular flexibility index (Phi) is 6.14. The van der Waals surface area contributed by atoms with Crippen LogP contribution < -0.4 is 0 Å². The van der Waals surface area contributed by atoms with Crippen molar-refractivity contribution < 1.29 is 4.79 Å². The van der Waals surface area contributed by atoms with Crippen LogP contribution in [0.25, 0.3) is 26.4 Å². The number of thiazole rings is 1. The van der Waals surface area contributed by atoms with Gasteiger partial charge in [-0.25, -0.2) is 4.98 Å². The highest BCUT2D eigenvalue weighted by Gasteiger charge is 2.14.